The highest BCUT2D eigenvalue weighted by Crippen LogP contribution is 2.30. The molecule has 0 spiro atoms. The Balaban J connectivity index is 0.000000545. The van der Waals surface area contributed by atoms with Crippen molar-refractivity contribution in [3.8, 4) is 11.1 Å². The number of nitrogens with two attached hydrogens (primary N) is 2. The maximum absolute atomic E-state index is 8.58. The van der Waals surface area contributed by atoms with Gasteiger partial charge in [-0.1, -0.05) is 0 Å². The van der Waals surface area contributed by atoms with Crippen molar-refractivity contribution in [2.45, 2.75) is 19.8 Å². The molecule has 5 N–H and O–H groups in total. The van der Waals surface area contributed by atoms with E-state index in [-0.39, 0.29) is 6.41 Å². The van der Waals surface area contributed by atoms with Gasteiger partial charge in [-0.3, -0.25) is 9.78 Å². The first-order valence-corrected chi connectivity index (χ1v) is 7.22. The summed E-state index contributed by atoms with van der Waals surface area (Å²) in [5.74, 6) is 1.60. The number of carbonyl (C=O) groups excluding carboxylic acids is 1. The lowest BCUT2D eigenvalue weighted by Crippen LogP contribution is -2.07. The lowest BCUT2D eigenvalue weighted by Gasteiger charge is -2.09. The first kappa shape index (κ1) is 15.8. The van der Waals surface area contributed by atoms with Crippen LogP contribution in [0.15, 0.2) is 30.6 Å². The molecule has 0 aromatic carbocycles. The van der Waals surface area contributed by atoms with E-state index in [0.717, 1.165) is 35.1 Å². The molecule has 1 aliphatic carbocycles. The molecular weight excluding hydrogens is 278 g/mol. The minimum atomic E-state index is 0.250. The highest BCUT2D eigenvalue weighted by molar-refractivity contribution is 5.72. The van der Waals surface area contributed by atoms with Crippen molar-refractivity contribution in [3.05, 3.63) is 36.3 Å². The number of nitrogens with zero attached hydrogens (tertiary/aromatic N) is 2. The van der Waals surface area contributed by atoms with Gasteiger partial charge in [0.2, 0.25) is 6.41 Å². The molecule has 6 nitrogen and oxygen atoms in total. The van der Waals surface area contributed by atoms with E-state index in [0.29, 0.717) is 5.69 Å². The van der Waals surface area contributed by atoms with Gasteiger partial charge in [-0.15, -0.1) is 0 Å². The van der Waals surface area contributed by atoms with Gasteiger partial charge in [-0.05, 0) is 49.4 Å². The van der Waals surface area contributed by atoms with Gasteiger partial charge < -0.3 is 16.8 Å². The van der Waals surface area contributed by atoms with Gasteiger partial charge in [0, 0.05) is 30.2 Å². The Labute approximate surface area is 130 Å². The number of hydrogen-bond acceptors (Lipinski definition) is 5. The van der Waals surface area contributed by atoms with Crippen molar-refractivity contribution in [1.82, 2.24) is 9.97 Å². The van der Waals surface area contributed by atoms with E-state index in [1.165, 1.54) is 12.8 Å². The molecular formula is C16H21N5O. The quantitative estimate of drug-likeness (QED) is 0.748. The van der Waals surface area contributed by atoms with E-state index in [9.17, 15) is 0 Å². The molecule has 0 bridgehead atoms. The molecule has 1 aliphatic rings. The number of nitrogens with one attached hydrogen (secondary N) is 1. The number of hydrogen-bond donors (Lipinski definition) is 3. The van der Waals surface area contributed by atoms with E-state index < -0.39 is 0 Å². The average Bonchev–Trinajstić information content (AvgIpc) is 3.31. The summed E-state index contributed by atoms with van der Waals surface area (Å²) >= 11 is 0. The first-order chi connectivity index (χ1) is 10.6. The molecule has 116 valence electrons. The van der Waals surface area contributed by atoms with Gasteiger partial charge in [-0.25, -0.2) is 4.98 Å². The molecule has 0 unspecified atom stereocenters. The summed E-state index contributed by atoms with van der Waals surface area (Å²) in [5.41, 5.74) is 14.0. The number of pyridine rings is 2. The van der Waals surface area contributed by atoms with Crippen LogP contribution in [-0.2, 0) is 4.79 Å². The maximum atomic E-state index is 8.58. The molecule has 1 fully saturated rings. The smallest absolute Gasteiger partial charge is 0.204 e. The summed E-state index contributed by atoms with van der Waals surface area (Å²) in [6, 6.07) is 5.98. The number of amides is 1. The minimum Gasteiger partial charge on any atom is -0.396 e. The van der Waals surface area contributed by atoms with Crippen molar-refractivity contribution in [3.63, 3.8) is 0 Å². The second-order valence-corrected chi connectivity index (χ2v) is 5.31. The highest BCUT2D eigenvalue weighted by Gasteiger charge is 2.21. The zero-order chi connectivity index (χ0) is 15.9. The van der Waals surface area contributed by atoms with Crippen LogP contribution in [0.4, 0.5) is 11.5 Å². The predicted molar refractivity (Wildman–Crippen MR) is 88.1 cm³/mol. The van der Waals surface area contributed by atoms with Crippen LogP contribution in [-0.4, -0.2) is 22.9 Å². The van der Waals surface area contributed by atoms with Gasteiger partial charge in [0.05, 0.1) is 5.69 Å². The van der Waals surface area contributed by atoms with Gasteiger partial charge in [0.15, 0.2) is 0 Å². The van der Waals surface area contributed by atoms with Crippen LogP contribution in [0.3, 0.4) is 0 Å². The Bertz CT molecular complexity index is 640. The summed E-state index contributed by atoms with van der Waals surface area (Å²) in [5, 5.41) is 3.32. The number of aromatic nitrogens is 2. The fourth-order valence-electron chi connectivity index (χ4n) is 2.08. The molecule has 1 saturated carbocycles. The third kappa shape index (κ3) is 4.44. The highest BCUT2D eigenvalue weighted by atomic mass is 16.1. The Kier molecular flexibility index (Phi) is 5.30. The van der Waals surface area contributed by atoms with Crippen LogP contribution < -0.4 is 16.8 Å². The number of carbonyl (C=O) groups is 1. The molecule has 22 heavy (non-hydrogen) atoms. The zero-order valence-electron chi connectivity index (χ0n) is 12.6. The van der Waals surface area contributed by atoms with Gasteiger partial charge in [-0.2, -0.15) is 0 Å². The van der Waals surface area contributed by atoms with Crippen molar-refractivity contribution in [2.24, 2.45) is 11.7 Å². The molecule has 0 aliphatic heterocycles. The summed E-state index contributed by atoms with van der Waals surface area (Å²) in [6.07, 6.45) is 6.56. The standard InChI is InChI=1S/C15H18N4.CH3NO/c1-10-6-12(4-5-17-10)13-7-14(16)15(19-9-13)18-8-11-2-3-11;2-1-3/h4-7,9,11H,2-3,8,16H2,1H3,(H,18,19);1H,(H2,2,3). The van der Waals surface area contributed by atoms with Gasteiger partial charge in [0.25, 0.3) is 0 Å². The van der Waals surface area contributed by atoms with E-state index in [1.54, 1.807) is 6.20 Å². The average molecular weight is 299 g/mol. The van der Waals surface area contributed by atoms with Gasteiger partial charge in [0.1, 0.15) is 5.82 Å². The summed E-state index contributed by atoms with van der Waals surface area (Å²) < 4.78 is 0. The second kappa shape index (κ2) is 7.40. The number of aryl methyl sites for hydroxylation is 1. The second-order valence-electron chi connectivity index (χ2n) is 5.31. The summed E-state index contributed by atoms with van der Waals surface area (Å²) in [4.78, 5) is 17.2. The van der Waals surface area contributed by atoms with E-state index in [4.69, 9.17) is 10.5 Å². The topological polar surface area (TPSA) is 107 Å². The Morgan fingerprint density at radius 2 is 2.05 bits per heavy atom. The van der Waals surface area contributed by atoms with E-state index in [1.807, 2.05) is 31.3 Å². The van der Waals surface area contributed by atoms with Crippen LogP contribution >= 0.6 is 0 Å². The number of nitrogen functional groups attached to an aromatic ring is 1. The monoisotopic (exact) mass is 299 g/mol. The number of anilines is 2. The van der Waals surface area contributed by atoms with Crippen molar-refractivity contribution >= 4 is 17.9 Å². The van der Waals surface area contributed by atoms with Crippen molar-refractivity contribution < 1.29 is 4.79 Å². The number of primary amides is 1. The Morgan fingerprint density at radius 3 is 2.64 bits per heavy atom. The molecule has 0 atom stereocenters. The van der Waals surface area contributed by atoms with Crippen molar-refractivity contribution in [1.29, 1.82) is 0 Å². The Hall–Kier alpha value is -2.63. The van der Waals surface area contributed by atoms with Gasteiger partial charge >= 0.3 is 0 Å². The normalized spacial score (nSPS) is 13.0. The molecule has 1 amide bonds. The Morgan fingerprint density at radius 1 is 1.32 bits per heavy atom. The minimum absolute atomic E-state index is 0.250. The molecule has 2 aromatic heterocycles. The van der Waals surface area contributed by atoms with Crippen LogP contribution in [0, 0.1) is 12.8 Å². The third-order valence-electron chi connectivity index (χ3n) is 3.40. The van der Waals surface area contributed by atoms with Crippen molar-refractivity contribution in [2.75, 3.05) is 17.6 Å². The molecule has 2 aromatic rings. The third-order valence-corrected chi connectivity index (χ3v) is 3.40. The fourth-order valence-corrected chi connectivity index (χ4v) is 2.08. The molecule has 6 heteroatoms. The molecule has 3 rings (SSSR count). The molecule has 2 heterocycles. The van der Waals surface area contributed by atoms with Crippen LogP contribution in [0.2, 0.25) is 0 Å². The lowest BCUT2D eigenvalue weighted by atomic mass is 10.1. The first-order valence-electron chi connectivity index (χ1n) is 7.22. The molecule has 0 saturated heterocycles. The summed E-state index contributed by atoms with van der Waals surface area (Å²) in [6.45, 7) is 2.96. The lowest BCUT2D eigenvalue weighted by molar-refractivity contribution is -0.106. The van der Waals surface area contributed by atoms with E-state index >= 15 is 0 Å². The largest absolute Gasteiger partial charge is 0.396 e. The zero-order valence-corrected chi connectivity index (χ0v) is 12.6. The summed E-state index contributed by atoms with van der Waals surface area (Å²) in [7, 11) is 0. The SMILES string of the molecule is Cc1cc(-c2cnc(NCC3CC3)c(N)c2)ccn1.NC=O. The maximum Gasteiger partial charge on any atom is 0.204 e. The predicted octanol–water partition coefficient (Wildman–Crippen LogP) is 1.96. The molecule has 0 radical (unpaired) electrons. The van der Waals surface area contributed by atoms with Crippen LogP contribution in [0.1, 0.15) is 18.5 Å². The van der Waals surface area contributed by atoms with Crippen LogP contribution in [0.25, 0.3) is 11.1 Å². The fraction of sp³-hybridized carbons (Fsp3) is 0.312. The number of rotatable bonds is 4. The van der Waals surface area contributed by atoms with E-state index in [2.05, 4.69) is 21.0 Å². The van der Waals surface area contributed by atoms with Crippen LogP contribution in [0.5, 0.6) is 0 Å².